The van der Waals surface area contributed by atoms with Gasteiger partial charge in [0.15, 0.2) is 11.0 Å². The topological polar surface area (TPSA) is 92.9 Å². The second-order valence-corrected chi connectivity index (χ2v) is 5.67. The third-order valence-electron chi connectivity index (χ3n) is 2.80. The molecule has 0 fully saturated rings. The summed E-state index contributed by atoms with van der Waals surface area (Å²) in [5.41, 5.74) is 0.430. The van der Waals surface area contributed by atoms with Crippen molar-refractivity contribution in [2.24, 2.45) is 5.92 Å². The van der Waals surface area contributed by atoms with E-state index >= 15 is 0 Å². The number of carbonyl (C=O) groups is 1. The molecule has 0 bridgehead atoms. The molecule has 0 aliphatic heterocycles. The van der Waals surface area contributed by atoms with Crippen LogP contribution in [0.3, 0.4) is 0 Å². The fraction of sp³-hybridized carbons (Fsp3) is 0.429. The lowest BCUT2D eigenvalue weighted by atomic mass is 10.1. The normalized spacial score (nSPS) is 12.2. The molecule has 22 heavy (non-hydrogen) atoms. The summed E-state index contributed by atoms with van der Waals surface area (Å²) < 4.78 is 5.16. The van der Waals surface area contributed by atoms with Gasteiger partial charge >= 0.3 is 6.03 Å². The maximum atomic E-state index is 11.9. The average Bonchev–Trinajstić information content (AvgIpc) is 2.89. The van der Waals surface area contributed by atoms with Crippen LogP contribution >= 0.6 is 11.6 Å². The van der Waals surface area contributed by atoms with E-state index in [1.807, 2.05) is 0 Å². The molecule has 2 heterocycles. The van der Waals surface area contributed by atoms with Crippen molar-refractivity contribution in [3.8, 4) is 0 Å². The van der Waals surface area contributed by atoms with Gasteiger partial charge in [-0.25, -0.2) is 9.78 Å². The average molecular weight is 324 g/mol. The third kappa shape index (κ3) is 4.42. The van der Waals surface area contributed by atoms with Crippen LogP contribution < -0.4 is 10.6 Å². The van der Waals surface area contributed by atoms with E-state index in [2.05, 4.69) is 39.6 Å². The molecule has 8 heteroatoms. The fourth-order valence-electron chi connectivity index (χ4n) is 1.79. The summed E-state index contributed by atoms with van der Waals surface area (Å²) in [4.78, 5) is 20.1. The molecule has 1 atom stereocenters. The van der Waals surface area contributed by atoms with Gasteiger partial charge in [0.25, 0.3) is 0 Å². The van der Waals surface area contributed by atoms with Crippen molar-refractivity contribution in [3.05, 3.63) is 35.2 Å². The van der Waals surface area contributed by atoms with Crippen LogP contribution in [-0.2, 0) is 6.42 Å². The second kappa shape index (κ2) is 7.22. The first-order valence-corrected chi connectivity index (χ1v) is 7.34. The van der Waals surface area contributed by atoms with E-state index in [-0.39, 0.29) is 5.15 Å². The van der Waals surface area contributed by atoms with Crippen molar-refractivity contribution in [2.45, 2.75) is 33.2 Å². The van der Waals surface area contributed by atoms with E-state index in [1.165, 1.54) is 0 Å². The minimum Gasteiger partial charge on any atom is -0.337 e. The van der Waals surface area contributed by atoms with Gasteiger partial charge in [0.2, 0.25) is 5.89 Å². The summed E-state index contributed by atoms with van der Waals surface area (Å²) in [7, 11) is 0. The van der Waals surface area contributed by atoms with Crippen molar-refractivity contribution in [2.75, 3.05) is 5.32 Å². The minimum absolute atomic E-state index is 0.224. The van der Waals surface area contributed by atoms with E-state index in [0.29, 0.717) is 23.3 Å². The molecule has 0 spiro atoms. The molecule has 2 N–H and O–H groups in total. The van der Waals surface area contributed by atoms with Crippen molar-refractivity contribution < 1.29 is 9.32 Å². The molecule has 0 aliphatic carbocycles. The lowest BCUT2D eigenvalue weighted by Crippen LogP contribution is -2.31. The number of amides is 2. The molecule has 2 amide bonds. The smallest absolute Gasteiger partial charge is 0.319 e. The third-order valence-corrected chi connectivity index (χ3v) is 3.10. The van der Waals surface area contributed by atoms with Gasteiger partial charge in [-0.05, 0) is 25.0 Å². The molecule has 2 aromatic rings. The number of hydrogen-bond acceptors (Lipinski definition) is 5. The number of hydrogen-bond donors (Lipinski definition) is 2. The van der Waals surface area contributed by atoms with Gasteiger partial charge in [-0.15, -0.1) is 0 Å². The second-order valence-electron chi connectivity index (χ2n) is 5.31. The van der Waals surface area contributed by atoms with Crippen molar-refractivity contribution in [1.82, 2.24) is 20.4 Å². The number of halogens is 1. The van der Waals surface area contributed by atoms with Gasteiger partial charge in [-0.3, -0.25) is 0 Å². The number of nitrogens with one attached hydrogen (secondary N) is 2. The highest BCUT2D eigenvalue weighted by atomic mass is 35.5. The van der Waals surface area contributed by atoms with Gasteiger partial charge < -0.3 is 15.2 Å². The van der Waals surface area contributed by atoms with Gasteiger partial charge in [0.1, 0.15) is 6.04 Å². The first-order valence-electron chi connectivity index (χ1n) is 6.96. The Morgan fingerprint density at radius 1 is 1.41 bits per heavy atom. The summed E-state index contributed by atoms with van der Waals surface area (Å²) in [5.74, 6) is 1.43. The zero-order chi connectivity index (χ0) is 16.1. The fourth-order valence-corrected chi connectivity index (χ4v) is 1.95. The zero-order valence-electron chi connectivity index (χ0n) is 12.6. The quantitative estimate of drug-likeness (QED) is 0.824. The summed E-state index contributed by atoms with van der Waals surface area (Å²) in [6, 6.07) is 2.50. The number of aromatic nitrogens is 3. The summed E-state index contributed by atoms with van der Waals surface area (Å²) in [6.45, 7) is 5.91. The maximum Gasteiger partial charge on any atom is 0.319 e. The molecular weight excluding hydrogens is 306 g/mol. The van der Waals surface area contributed by atoms with E-state index in [9.17, 15) is 4.79 Å². The Balaban J connectivity index is 1.93. The SMILES string of the molecule is CC(C)Cc1noc(C(C)NC(=O)Nc2cccnc2Cl)n1. The lowest BCUT2D eigenvalue weighted by Gasteiger charge is -2.11. The first kappa shape index (κ1) is 16.2. The largest absolute Gasteiger partial charge is 0.337 e. The van der Waals surface area contributed by atoms with Crippen LogP contribution in [0.25, 0.3) is 0 Å². The lowest BCUT2D eigenvalue weighted by molar-refractivity contribution is 0.245. The molecule has 0 saturated heterocycles. The summed E-state index contributed by atoms with van der Waals surface area (Å²) >= 11 is 5.88. The molecule has 0 saturated carbocycles. The van der Waals surface area contributed by atoms with Crippen LogP contribution in [0.15, 0.2) is 22.9 Å². The highest BCUT2D eigenvalue weighted by Crippen LogP contribution is 2.18. The first-order chi connectivity index (χ1) is 10.5. The molecule has 1 unspecified atom stereocenters. The zero-order valence-corrected chi connectivity index (χ0v) is 13.4. The van der Waals surface area contributed by atoms with Crippen LogP contribution in [0.4, 0.5) is 10.5 Å². The minimum atomic E-state index is -0.425. The van der Waals surface area contributed by atoms with Crippen LogP contribution in [0.5, 0.6) is 0 Å². The van der Waals surface area contributed by atoms with Gasteiger partial charge in [-0.2, -0.15) is 4.98 Å². The standard InChI is InChI=1S/C14H18ClN5O2/c1-8(2)7-11-19-13(22-20-11)9(3)17-14(21)18-10-5-4-6-16-12(10)15/h4-6,8-9H,7H2,1-3H3,(H2,17,18,21). The van der Waals surface area contributed by atoms with Gasteiger partial charge in [0, 0.05) is 12.6 Å². The molecule has 7 nitrogen and oxygen atoms in total. The molecule has 0 radical (unpaired) electrons. The summed E-state index contributed by atoms with van der Waals surface area (Å²) in [6.07, 6.45) is 2.27. The van der Waals surface area contributed by atoms with Crippen molar-refractivity contribution in [1.29, 1.82) is 0 Å². The molecule has 2 rings (SSSR count). The Bertz CT molecular complexity index is 644. The van der Waals surface area contributed by atoms with E-state index in [1.54, 1.807) is 25.3 Å². The van der Waals surface area contributed by atoms with Crippen LogP contribution in [-0.4, -0.2) is 21.2 Å². The molecule has 0 aliphatic rings. The van der Waals surface area contributed by atoms with Crippen LogP contribution in [0.1, 0.15) is 38.5 Å². The molecular formula is C14H18ClN5O2. The van der Waals surface area contributed by atoms with E-state index < -0.39 is 12.1 Å². The number of urea groups is 1. The molecule has 118 valence electrons. The maximum absolute atomic E-state index is 11.9. The van der Waals surface area contributed by atoms with Crippen molar-refractivity contribution >= 4 is 23.3 Å². The Kier molecular flexibility index (Phi) is 5.32. The molecule has 2 aromatic heterocycles. The van der Waals surface area contributed by atoms with Crippen LogP contribution in [0, 0.1) is 5.92 Å². The monoisotopic (exact) mass is 323 g/mol. The number of rotatable bonds is 5. The van der Waals surface area contributed by atoms with E-state index in [4.69, 9.17) is 16.1 Å². The van der Waals surface area contributed by atoms with Gasteiger partial charge in [0.05, 0.1) is 5.69 Å². The van der Waals surface area contributed by atoms with Crippen LogP contribution in [0.2, 0.25) is 5.15 Å². The highest BCUT2D eigenvalue weighted by Gasteiger charge is 2.17. The highest BCUT2D eigenvalue weighted by molar-refractivity contribution is 6.32. The number of pyridine rings is 1. The Morgan fingerprint density at radius 2 is 2.18 bits per heavy atom. The van der Waals surface area contributed by atoms with E-state index in [0.717, 1.165) is 6.42 Å². The predicted molar refractivity (Wildman–Crippen MR) is 82.7 cm³/mol. The number of nitrogens with zero attached hydrogens (tertiary/aromatic N) is 3. The Labute approximate surface area is 133 Å². The number of anilines is 1. The Hall–Kier alpha value is -2.15. The van der Waals surface area contributed by atoms with Gasteiger partial charge in [-0.1, -0.05) is 30.6 Å². The van der Waals surface area contributed by atoms with Crippen molar-refractivity contribution in [3.63, 3.8) is 0 Å². The predicted octanol–water partition coefficient (Wildman–Crippen LogP) is 3.20. The summed E-state index contributed by atoms with van der Waals surface area (Å²) in [5, 5.41) is 9.44. The molecule has 0 aromatic carbocycles. The Morgan fingerprint density at radius 3 is 2.86 bits per heavy atom. The number of carbonyl (C=O) groups excluding carboxylic acids is 1.